The fourth-order valence-corrected chi connectivity index (χ4v) is 4.08. The number of carbonyl (C=O) groups excluding carboxylic acids is 2. The number of unbranched alkanes of at least 4 members (excludes halogenated alkanes) is 10. The predicted octanol–water partition coefficient (Wildman–Crippen LogP) is 6.44. The quantitative estimate of drug-likeness (QED) is 0.201. The van der Waals surface area contributed by atoms with Crippen molar-refractivity contribution in [2.24, 2.45) is 0 Å². The van der Waals surface area contributed by atoms with Gasteiger partial charge in [0.25, 0.3) is 5.91 Å². The van der Waals surface area contributed by atoms with Crippen molar-refractivity contribution in [3.8, 4) is 5.75 Å². The molecule has 0 radical (unpaired) electrons. The molecule has 29 heavy (non-hydrogen) atoms. The van der Waals surface area contributed by atoms with Gasteiger partial charge in [-0.2, -0.15) is 0 Å². The molecule has 0 heterocycles. The third-order valence-electron chi connectivity index (χ3n) is 4.60. The van der Waals surface area contributed by atoms with E-state index in [0.717, 1.165) is 21.8 Å². The number of benzene rings is 1. The summed E-state index contributed by atoms with van der Waals surface area (Å²) < 4.78 is 7.09. The van der Waals surface area contributed by atoms with Crippen LogP contribution in [-0.4, -0.2) is 18.4 Å². The van der Waals surface area contributed by atoms with E-state index in [1.54, 1.807) is 6.07 Å². The molecule has 0 aromatic heterocycles. The largest absolute Gasteiger partial charge is 0.483 e. The molecular formula is C22H34Br2N2O3. The minimum atomic E-state index is -0.396. The third kappa shape index (κ3) is 13.7. The number of amides is 2. The van der Waals surface area contributed by atoms with Gasteiger partial charge in [-0.15, -0.1) is 0 Å². The Hall–Kier alpha value is -1.08. The first kappa shape index (κ1) is 26.0. The lowest BCUT2D eigenvalue weighted by Gasteiger charge is -2.10. The van der Waals surface area contributed by atoms with Crippen LogP contribution in [0.15, 0.2) is 27.1 Å². The Morgan fingerprint density at radius 3 is 1.97 bits per heavy atom. The first-order valence-electron chi connectivity index (χ1n) is 10.7. The van der Waals surface area contributed by atoms with Crippen LogP contribution in [0.5, 0.6) is 5.75 Å². The minimum absolute atomic E-state index is 0.168. The zero-order valence-corrected chi connectivity index (χ0v) is 20.6. The fraction of sp³-hybridized carbons (Fsp3) is 0.636. The van der Waals surface area contributed by atoms with Gasteiger partial charge in [-0.1, -0.05) is 87.1 Å². The summed E-state index contributed by atoms with van der Waals surface area (Å²) in [5.74, 6) is 0.00170. The first-order valence-corrected chi connectivity index (χ1v) is 12.3. The van der Waals surface area contributed by atoms with Crippen LogP contribution in [0.25, 0.3) is 0 Å². The molecule has 0 saturated carbocycles. The average molecular weight is 534 g/mol. The van der Waals surface area contributed by atoms with E-state index < -0.39 is 5.91 Å². The number of hydrogen-bond donors (Lipinski definition) is 2. The highest BCUT2D eigenvalue weighted by Gasteiger charge is 2.07. The van der Waals surface area contributed by atoms with E-state index >= 15 is 0 Å². The molecule has 1 aromatic rings. The number of hydrogen-bond acceptors (Lipinski definition) is 3. The van der Waals surface area contributed by atoms with Crippen LogP contribution in [0.1, 0.15) is 84.0 Å². The van der Waals surface area contributed by atoms with Gasteiger partial charge in [0, 0.05) is 10.9 Å². The number of halogens is 2. The van der Waals surface area contributed by atoms with Gasteiger partial charge < -0.3 is 4.74 Å². The van der Waals surface area contributed by atoms with E-state index in [9.17, 15) is 9.59 Å². The number of hydrazine groups is 1. The molecular weight excluding hydrogens is 500 g/mol. The highest BCUT2D eigenvalue weighted by molar-refractivity contribution is 9.11. The number of nitrogens with one attached hydrogen (secondary N) is 2. The van der Waals surface area contributed by atoms with Gasteiger partial charge in [-0.3, -0.25) is 20.4 Å². The summed E-state index contributed by atoms with van der Waals surface area (Å²) in [5, 5.41) is 0. The van der Waals surface area contributed by atoms with Crippen LogP contribution in [0.4, 0.5) is 0 Å². The van der Waals surface area contributed by atoms with Crippen LogP contribution in [0.3, 0.4) is 0 Å². The lowest BCUT2D eigenvalue weighted by molar-refractivity contribution is -0.130. The maximum atomic E-state index is 11.8. The standard InChI is InChI=1S/C22H34Br2N2O3/c1-2-3-4-5-6-7-8-9-10-11-12-13-21(27)25-26-22(28)17-29-20-15-14-18(23)16-19(20)24/h14-16H,2-13,17H2,1H3,(H,25,27)(H,26,28). The summed E-state index contributed by atoms with van der Waals surface area (Å²) in [4.78, 5) is 23.6. The van der Waals surface area contributed by atoms with Gasteiger partial charge in [-0.05, 0) is 40.5 Å². The summed E-state index contributed by atoms with van der Waals surface area (Å²) in [6.45, 7) is 2.08. The van der Waals surface area contributed by atoms with Crippen molar-refractivity contribution in [3.05, 3.63) is 27.1 Å². The van der Waals surface area contributed by atoms with Gasteiger partial charge in [0.05, 0.1) is 4.47 Å². The molecule has 0 spiro atoms. The number of rotatable bonds is 15. The van der Waals surface area contributed by atoms with E-state index in [2.05, 4.69) is 49.6 Å². The van der Waals surface area contributed by atoms with Crippen molar-refractivity contribution in [2.45, 2.75) is 84.0 Å². The zero-order valence-electron chi connectivity index (χ0n) is 17.4. The van der Waals surface area contributed by atoms with E-state index in [-0.39, 0.29) is 12.5 Å². The van der Waals surface area contributed by atoms with Gasteiger partial charge in [0.1, 0.15) is 5.75 Å². The maximum absolute atomic E-state index is 11.8. The van der Waals surface area contributed by atoms with E-state index in [1.807, 2.05) is 12.1 Å². The van der Waals surface area contributed by atoms with Crippen molar-refractivity contribution >= 4 is 43.7 Å². The molecule has 0 bridgehead atoms. The van der Waals surface area contributed by atoms with Crippen LogP contribution in [0, 0.1) is 0 Å². The second kappa shape index (κ2) is 16.7. The Balaban J connectivity index is 1.97. The molecule has 0 atom stereocenters. The summed E-state index contributed by atoms with van der Waals surface area (Å²) in [6.07, 6.45) is 14.1. The monoisotopic (exact) mass is 532 g/mol. The molecule has 2 N–H and O–H groups in total. The molecule has 1 aromatic carbocycles. The number of carbonyl (C=O) groups is 2. The Morgan fingerprint density at radius 2 is 1.38 bits per heavy atom. The summed E-state index contributed by atoms with van der Waals surface area (Å²) >= 11 is 6.73. The molecule has 2 amide bonds. The summed E-state index contributed by atoms with van der Waals surface area (Å²) in [7, 11) is 0. The van der Waals surface area contributed by atoms with Crippen molar-refractivity contribution < 1.29 is 14.3 Å². The highest BCUT2D eigenvalue weighted by Crippen LogP contribution is 2.28. The van der Waals surface area contributed by atoms with Crippen LogP contribution in [-0.2, 0) is 9.59 Å². The van der Waals surface area contributed by atoms with Crippen molar-refractivity contribution in [3.63, 3.8) is 0 Å². The highest BCUT2D eigenvalue weighted by atomic mass is 79.9. The Labute approximate surface area is 192 Å². The minimum Gasteiger partial charge on any atom is -0.483 e. The van der Waals surface area contributed by atoms with Crippen molar-refractivity contribution in [1.29, 1.82) is 0 Å². The molecule has 0 aliphatic heterocycles. The first-order chi connectivity index (χ1) is 14.0. The van der Waals surface area contributed by atoms with E-state index in [1.165, 1.54) is 57.8 Å². The molecule has 0 fully saturated rings. The van der Waals surface area contributed by atoms with E-state index in [0.29, 0.717) is 12.2 Å². The maximum Gasteiger partial charge on any atom is 0.276 e. The Kier molecular flexibility index (Phi) is 14.9. The second-order valence-corrected chi connectivity index (χ2v) is 9.02. The lowest BCUT2D eigenvalue weighted by Crippen LogP contribution is -2.43. The Morgan fingerprint density at radius 1 is 0.828 bits per heavy atom. The second-order valence-electron chi connectivity index (χ2n) is 7.25. The van der Waals surface area contributed by atoms with Gasteiger partial charge in [-0.25, -0.2) is 0 Å². The van der Waals surface area contributed by atoms with Crippen molar-refractivity contribution in [2.75, 3.05) is 6.61 Å². The van der Waals surface area contributed by atoms with E-state index in [4.69, 9.17) is 4.74 Å². The lowest BCUT2D eigenvalue weighted by atomic mass is 10.1. The summed E-state index contributed by atoms with van der Waals surface area (Å²) in [5.41, 5.74) is 4.83. The van der Waals surface area contributed by atoms with Crippen molar-refractivity contribution in [1.82, 2.24) is 10.9 Å². The zero-order chi connectivity index (χ0) is 21.3. The normalized spacial score (nSPS) is 10.6. The molecule has 164 valence electrons. The summed E-state index contributed by atoms with van der Waals surface area (Å²) in [6, 6.07) is 5.42. The molecule has 0 saturated heterocycles. The van der Waals surface area contributed by atoms with Gasteiger partial charge in [0.15, 0.2) is 6.61 Å². The SMILES string of the molecule is CCCCCCCCCCCCCC(=O)NNC(=O)COc1ccc(Br)cc1Br. The van der Waals surface area contributed by atoms with Crippen LogP contribution >= 0.6 is 31.9 Å². The smallest absolute Gasteiger partial charge is 0.276 e. The molecule has 0 aliphatic rings. The number of ether oxygens (including phenoxy) is 1. The molecule has 0 unspecified atom stereocenters. The van der Waals surface area contributed by atoms with Crippen LogP contribution in [0.2, 0.25) is 0 Å². The van der Waals surface area contributed by atoms with Gasteiger partial charge >= 0.3 is 0 Å². The third-order valence-corrected chi connectivity index (χ3v) is 5.71. The fourth-order valence-electron chi connectivity index (χ4n) is 2.92. The molecule has 7 heteroatoms. The molecule has 0 aliphatic carbocycles. The topological polar surface area (TPSA) is 67.4 Å². The van der Waals surface area contributed by atoms with Gasteiger partial charge in [0.2, 0.25) is 5.91 Å². The van der Waals surface area contributed by atoms with Crippen LogP contribution < -0.4 is 15.6 Å². The molecule has 5 nitrogen and oxygen atoms in total. The average Bonchev–Trinajstić information content (AvgIpc) is 2.69. The predicted molar refractivity (Wildman–Crippen MR) is 125 cm³/mol. The Bertz CT molecular complexity index is 612. The molecule has 1 rings (SSSR count).